The van der Waals surface area contributed by atoms with Crippen molar-refractivity contribution in [3.05, 3.63) is 34.9 Å². The fourth-order valence-electron chi connectivity index (χ4n) is 1.61. The van der Waals surface area contributed by atoms with Crippen LogP contribution in [0, 0.1) is 0 Å². The molecule has 17 heavy (non-hydrogen) atoms. The number of benzene rings is 1. The van der Waals surface area contributed by atoms with Crippen molar-refractivity contribution in [1.82, 2.24) is 0 Å². The Hall–Kier alpha value is -0.630. The predicted octanol–water partition coefficient (Wildman–Crippen LogP) is 4.82. The maximum Gasteiger partial charge on any atom is 0.228 e. The third kappa shape index (κ3) is 3.67. The van der Waals surface area contributed by atoms with Gasteiger partial charge in [-0.1, -0.05) is 47.6 Å². The van der Waals surface area contributed by atoms with Crippen LogP contribution in [0.25, 0.3) is 0 Å². The fourth-order valence-corrected chi connectivity index (χ4v) is 1.84. The van der Waals surface area contributed by atoms with Gasteiger partial charge in [-0.15, -0.1) is 0 Å². The van der Waals surface area contributed by atoms with Crippen molar-refractivity contribution in [3.8, 4) is 0 Å². The molecule has 0 aliphatic carbocycles. The van der Waals surface area contributed by atoms with E-state index >= 15 is 0 Å². The summed E-state index contributed by atoms with van der Waals surface area (Å²) in [5.41, 5.74) is 3.25. The molecule has 0 saturated heterocycles. The molecule has 0 radical (unpaired) electrons. The van der Waals surface area contributed by atoms with Crippen LogP contribution in [0.4, 0.5) is 0 Å². The highest BCUT2D eigenvalue weighted by Crippen LogP contribution is 2.30. The van der Waals surface area contributed by atoms with E-state index in [1.54, 1.807) is 0 Å². The van der Waals surface area contributed by atoms with Gasteiger partial charge in [0.05, 0.1) is 0 Å². The average molecular weight is 297 g/mol. The first-order chi connectivity index (χ1) is 7.51. The largest absolute Gasteiger partial charge is 0.281 e. The molecule has 1 rings (SSSR count). The summed E-state index contributed by atoms with van der Waals surface area (Å²) in [6.07, 6.45) is 0. The fraction of sp³-hybridized carbons (Fsp3) is 0.533. The zero-order chi connectivity index (χ0) is 13.4. The van der Waals surface area contributed by atoms with Gasteiger partial charge in [0.2, 0.25) is 4.69 Å². The van der Waals surface area contributed by atoms with Crippen molar-refractivity contribution in [3.63, 3.8) is 0 Å². The molecule has 0 atom stereocenters. The normalized spacial score (nSPS) is 12.6. The standard InChI is InChI=1S/C15H21BrO/c1-14(2,3)11-7-10(13(16)17)8-12(9-11)15(4,5)6/h7-9H,1-6H3. The monoisotopic (exact) mass is 296 g/mol. The number of halogens is 1. The van der Waals surface area contributed by atoms with E-state index in [1.807, 2.05) is 12.1 Å². The molecule has 0 fully saturated rings. The molecule has 0 amide bonds. The lowest BCUT2D eigenvalue weighted by Crippen LogP contribution is -2.17. The molecule has 0 aliphatic rings. The third-order valence-electron chi connectivity index (χ3n) is 2.89. The van der Waals surface area contributed by atoms with Crippen molar-refractivity contribution in [2.45, 2.75) is 52.4 Å². The topological polar surface area (TPSA) is 17.1 Å². The predicted molar refractivity (Wildman–Crippen MR) is 77.1 cm³/mol. The average Bonchev–Trinajstić information content (AvgIpc) is 2.14. The first-order valence-electron chi connectivity index (χ1n) is 5.88. The highest BCUT2D eigenvalue weighted by molar-refractivity contribution is 9.18. The van der Waals surface area contributed by atoms with Crippen LogP contribution in [0.3, 0.4) is 0 Å². The van der Waals surface area contributed by atoms with Gasteiger partial charge in [0.1, 0.15) is 0 Å². The second-order valence-corrected chi connectivity index (χ2v) is 7.29. The highest BCUT2D eigenvalue weighted by atomic mass is 79.9. The first kappa shape index (κ1) is 14.4. The van der Waals surface area contributed by atoms with Crippen LogP contribution in [-0.4, -0.2) is 4.69 Å². The van der Waals surface area contributed by atoms with E-state index in [9.17, 15) is 4.79 Å². The summed E-state index contributed by atoms with van der Waals surface area (Å²) in [6, 6.07) is 6.16. The molecular weight excluding hydrogens is 276 g/mol. The number of carbonyl (C=O) groups excluding carboxylic acids is 1. The molecule has 0 heterocycles. The van der Waals surface area contributed by atoms with E-state index in [0.29, 0.717) is 0 Å². The Morgan fingerprint density at radius 2 is 1.24 bits per heavy atom. The Balaban J connectivity index is 3.45. The van der Waals surface area contributed by atoms with Crippen LogP contribution in [0.5, 0.6) is 0 Å². The molecule has 0 bridgehead atoms. The molecule has 0 saturated carbocycles. The maximum atomic E-state index is 11.5. The lowest BCUT2D eigenvalue weighted by Gasteiger charge is -2.25. The van der Waals surface area contributed by atoms with Crippen molar-refractivity contribution >= 4 is 20.6 Å². The van der Waals surface area contributed by atoms with Crippen LogP contribution in [0.15, 0.2) is 18.2 Å². The van der Waals surface area contributed by atoms with E-state index < -0.39 is 0 Å². The Kier molecular flexibility index (Phi) is 3.87. The third-order valence-corrected chi connectivity index (χ3v) is 3.35. The van der Waals surface area contributed by atoms with Gasteiger partial charge in [-0.25, -0.2) is 0 Å². The van der Waals surface area contributed by atoms with E-state index in [4.69, 9.17) is 0 Å². The Morgan fingerprint density at radius 1 is 0.882 bits per heavy atom. The van der Waals surface area contributed by atoms with Gasteiger partial charge in [-0.3, -0.25) is 4.79 Å². The summed E-state index contributed by atoms with van der Waals surface area (Å²) in [6.45, 7) is 13.0. The van der Waals surface area contributed by atoms with Crippen LogP contribution in [-0.2, 0) is 10.8 Å². The highest BCUT2D eigenvalue weighted by Gasteiger charge is 2.21. The molecule has 1 nitrogen and oxygen atoms in total. The van der Waals surface area contributed by atoms with Crippen LogP contribution in [0.1, 0.15) is 63.0 Å². The minimum Gasteiger partial charge on any atom is -0.281 e. The van der Waals surface area contributed by atoms with Gasteiger partial charge >= 0.3 is 0 Å². The molecule has 0 aliphatic heterocycles. The summed E-state index contributed by atoms with van der Waals surface area (Å²) < 4.78 is -0.0471. The van der Waals surface area contributed by atoms with E-state index in [2.05, 4.69) is 63.5 Å². The van der Waals surface area contributed by atoms with Crippen LogP contribution in [0.2, 0.25) is 0 Å². The van der Waals surface area contributed by atoms with Crippen LogP contribution < -0.4 is 0 Å². The summed E-state index contributed by atoms with van der Waals surface area (Å²) >= 11 is 3.05. The summed E-state index contributed by atoms with van der Waals surface area (Å²) in [7, 11) is 0. The SMILES string of the molecule is CC(C)(C)c1cc(C(=O)Br)cc(C(C)(C)C)c1. The zero-order valence-electron chi connectivity index (χ0n) is 11.5. The number of rotatable bonds is 1. The molecule has 0 aromatic heterocycles. The molecule has 0 spiro atoms. The maximum absolute atomic E-state index is 11.5. The smallest absolute Gasteiger partial charge is 0.228 e. The number of hydrogen-bond donors (Lipinski definition) is 0. The van der Waals surface area contributed by atoms with Crippen molar-refractivity contribution < 1.29 is 4.79 Å². The van der Waals surface area contributed by atoms with Crippen molar-refractivity contribution in [2.24, 2.45) is 0 Å². The van der Waals surface area contributed by atoms with Gasteiger partial charge < -0.3 is 0 Å². The first-order valence-corrected chi connectivity index (χ1v) is 6.67. The van der Waals surface area contributed by atoms with Gasteiger partial charge in [0, 0.05) is 5.56 Å². The van der Waals surface area contributed by atoms with Gasteiger partial charge in [0.15, 0.2) is 0 Å². The van der Waals surface area contributed by atoms with E-state index in [0.717, 1.165) is 5.56 Å². The molecular formula is C15H21BrO. The minimum atomic E-state index is -0.0471. The van der Waals surface area contributed by atoms with Gasteiger partial charge in [0.25, 0.3) is 0 Å². The molecule has 0 unspecified atom stereocenters. The second kappa shape index (κ2) is 4.56. The number of hydrogen-bond acceptors (Lipinski definition) is 1. The minimum absolute atomic E-state index is 0.0471. The summed E-state index contributed by atoms with van der Waals surface area (Å²) in [5, 5.41) is 0. The van der Waals surface area contributed by atoms with Gasteiger partial charge in [-0.05, 0) is 50.0 Å². The molecule has 0 N–H and O–H groups in total. The Bertz CT molecular complexity index is 401. The van der Waals surface area contributed by atoms with Gasteiger partial charge in [-0.2, -0.15) is 0 Å². The second-order valence-electron chi connectivity index (χ2n) is 6.57. The van der Waals surface area contributed by atoms with E-state index in [1.165, 1.54) is 11.1 Å². The van der Waals surface area contributed by atoms with Crippen LogP contribution >= 0.6 is 15.9 Å². The lowest BCUT2D eigenvalue weighted by atomic mass is 9.80. The van der Waals surface area contributed by atoms with E-state index in [-0.39, 0.29) is 15.5 Å². The summed E-state index contributed by atoms with van der Waals surface area (Å²) in [4.78, 5) is 11.5. The van der Waals surface area contributed by atoms with Crippen molar-refractivity contribution in [1.29, 1.82) is 0 Å². The zero-order valence-corrected chi connectivity index (χ0v) is 13.1. The molecule has 1 aromatic carbocycles. The Labute approximate surface area is 113 Å². The molecule has 2 heteroatoms. The summed E-state index contributed by atoms with van der Waals surface area (Å²) in [5.74, 6) is 0. The molecule has 94 valence electrons. The quantitative estimate of drug-likeness (QED) is 0.679. The lowest BCUT2D eigenvalue weighted by molar-refractivity contribution is 0.109. The molecule has 1 aromatic rings. The Morgan fingerprint density at radius 3 is 1.47 bits per heavy atom. The number of carbonyl (C=O) groups is 1. The van der Waals surface area contributed by atoms with Crippen molar-refractivity contribution in [2.75, 3.05) is 0 Å².